The predicted molar refractivity (Wildman–Crippen MR) is 46.6 cm³/mol. The fourth-order valence-corrected chi connectivity index (χ4v) is 1.04. The van der Waals surface area contributed by atoms with E-state index < -0.39 is 24.7 Å². The lowest BCUT2D eigenvalue weighted by Crippen LogP contribution is -2.46. The molecule has 0 aromatic carbocycles. The number of alkyl halides is 3. The maximum atomic E-state index is 12.0. The van der Waals surface area contributed by atoms with Gasteiger partial charge in [0.1, 0.15) is 6.54 Å². The maximum absolute atomic E-state index is 12.0. The van der Waals surface area contributed by atoms with E-state index in [4.69, 9.17) is 5.73 Å². The van der Waals surface area contributed by atoms with Crippen LogP contribution in [0.25, 0.3) is 0 Å². The molecule has 1 unspecified atom stereocenters. The highest BCUT2D eigenvalue weighted by Crippen LogP contribution is 2.17. The molecule has 0 rings (SSSR count). The maximum Gasteiger partial charge on any atom is 0.406 e. The number of amides is 1. The zero-order chi connectivity index (χ0) is 11.4. The Kier molecular flexibility index (Phi) is 4.90. The average Bonchev–Trinajstić information content (AvgIpc) is 1.99. The van der Waals surface area contributed by atoms with Crippen LogP contribution in [0.4, 0.5) is 13.2 Å². The summed E-state index contributed by atoms with van der Waals surface area (Å²) in [5, 5.41) is 0. The van der Waals surface area contributed by atoms with Gasteiger partial charge in [0, 0.05) is 6.54 Å². The molecule has 0 aromatic heterocycles. The van der Waals surface area contributed by atoms with Gasteiger partial charge in [0.15, 0.2) is 0 Å². The van der Waals surface area contributed by atoms with Crippen molar-refractivity contribution in [1.29, 1.82) is 0 Å². The molecule has 0 fully saturated rings. The van der Waals surface area contributed by atoms with Crippen molar-refractivity contribution in [2.75, 3.05) is 13.1 Å². The molecule has 14 heavy (non-hydrogen) atoms. The van der Waals surface area contributed by atoms with E-state index in [0.29, 0.717) is 6.42 Å². The summed E-state index contributed by atoms with van der Waals surface area (Å²) in [4.78, 5) is 12.0. The highest BCUT2D eigenvalue weighted by Gasteiger charge is 2.33. The first-order valence-electron chi connectivity index (χ1n) is 4.39. The van der Waals surface area contributed by atoms with E-state index in [0.717, 1.165) is 4.90 Å². The SMILES string of the molecule is CCCN(CC(F)(F)F)C(=O)C(C)N. The minimum atomic E-state index is -4.36. The molecule has 0 aromatic rings. The van der Waals surface area contributed by atoms with Crippen LogP contribution >= 0.6 is 0 Å². The van der Waals surface area contributed by atoms with Crippen molar-refractivity contribution in [3.8, 4) is 0 Å². The molecule has 3 nitrogen and oxygen atoms in total. The third-order valence-corrected chi connectivity index (χ3v) is 1.56. The summed E-state index contributed by atoms with van der Waals surface area (Å²) in [6.45, 7) is 1.94. The molecule has 0 aliphatic heterocycles. The Hall–Kier alpha value is -0.780. The van der Waals surface area contributed by atoms with Crippen molar-refractivity contribution in [2.45, 2.75) is 32.5 Å². The standard InChI is InChI=1S/C8H15F3N2O/c1-3-4-13(5-8(9,10)11)7(14)6(2)12/h6H,3-5,12H2,1-2H3. The molecule has 0 heterocycles. The number of hydrogen-bond acceptors (Lipinski definition) is 2. The second-order valence-electron chi connectivity index (χ2n) is 3.16. The quantitative estimate of drug-likeness (QED) is 0.759. The number of carbonyl (C=O) groups is 1. The van der Waals surface area contributed by atoms with Gasteiger partial charge in [-0.1, -0.05) is 6.92 Å². The van der Waals surface area contributed by atoms with Crippen LogP contribution in [0.15, 0.2) is 0 Å². The van der Waals surface area contributed by atoms with Crippen molar-refractivity contribution in [3.63, 3.8) is 0 Å². The van der Waals surface area contributed by atoms with Gasteiger partial charge in [0.05, 0.1) is 6.04 Å². The summed E-state index contributed by atoms with van der Waals surface area (Å²) >= 11 is 0. The highest BCUT2D eigenvalue weighted by atomic mass is 19.4. The number of nitrogens with two attached hydrogens (primary N) is 1. The molecular formula is C8H15F3N2O. The predicted octanol–water partition coefficient (Wildman–Crippen LogP) is 1.13. The Bertz CT molecular complexity index is 192. The fourth-order valence-electron chi connectivity index (χ4n) is 1.04. The molecule has 0 bridgehead atoms. The first kappa shape index (κ1) is 13.2. The summed E-state index contributed by atoms with van der Waals surface area (Å²) in [5.74, 6) is -0.663. The van der Waals surface area contributed by atoms with Crippen LogP contribution in [0.5, 0.6) is 0 Å². The van der Waals surface area contributed by atoms with E-state index in [-0.39, 0.29) is 6.54 Å². The first-order valence-corrected chi connectivity index (χ1v) is 4.39. The molecule has 0 saturated carbocycles. The number of hydrogen-bond donors (Lipinski definition) is 1. The molecule has 1 amide bonds. The molecule has 2 N–H and O–H groups in total. The monoisotopic (exact) mass is 212 g/mol. The minimum absolute atomic E-state index is 0.0832. The fraction of sp³-hybridized carbons (Fsp3) is 0.875. The smallest absolute Gasteiger partial charge is 0.332 e. The molecule has 1 atom stereocenters. The van der Waals surface area contributed by atoms with Crippen LogP contribution in [-0.4, -0.2) is 36.1 Å². The molecule has 0 aliphatic rings. The molecular weight excluding hydrogens is 197 g/mol. The van der Waals surface area contributed by atoms with Gasteiger partial charge in [-0.05, 0) is 13.3 Å². The Morgan fingerprint density at radius 2 is 2.00 bits per heavy atom. The topological polar surface area (TPSA) is 46.3 Å². The summed E-state index contributed by atoms with van der Waals surface area (Å²) in [7, 11) is 0. The van der Waals surface area contributed by atoms with Crippen LogP contribution in [0, 0.1) is 0 Å². The van der Waals surface area contributed by atoms with Crippen molar-refractivity contribution < 1.29 is 18.0 Å². The van der Waals surface area contributed by atoms with Crippen molar-refractivity contribution in [1.82, 2.24) is 4.90 Å². The summed E-state index contributed by atoms with van der Waals surface area (Å²) in [5.41, 5.74) is 5.23. The van der Waals surface area contributed by atoms with E-state index in [1.165, 1.54) is 6.92 Å². The lowest BCUT2D eigenvalue weighted by molar-refractivity contribution is -0.161. The number of rotatable bonds is 4. The Labute approximate surface area is 81.1 Å². The zero-order valence-corrected chi connectivity index (χ0v) is 8.27. The summed E-state index contributed by atoms with van der Waals surface area (Å²) in [6, 6.07) is -0.885. The molecule has 84 valence electrons. The van der Waals surface area contributed by atoms with Gasteiger partial charge in [-0.15, -0.1) is 0 Å². The third kappa shape index (κ3) is 5.06. The number of halogens is 3. The Morgan fingerprint density at radius 1 is 1.50 bits per heavy atom. The number of carbonyl (C=O) groups excluding carboxylic acids is 1. The van der Waals surface area contributed by atoms with E-state index in [1.807, 2.05) is 0 Å². The van der Waals surface area contributed by atoms with Crippen LogP contribution in [-0.2, 0) is 4.79 Å². The van der Waals surface area contributed by atoms with Gasteiger partial charge in [-0.3, -0.25) is 4.79 Å². The van der Waals surface area contributed by atoms with Crippen molar-refractivity contribution in [2.24, 2.45) is 5.73 Å². The molecule has 0 spiro atoms. The average molecular weight is 212 g/mol. The van der Waals surface area contributed by atoms with Crippen LogP contribution in [0.3, 0.4) is 0 Å². The molecule has 0 saturated heterocycles. The van der Waals surface area contributed by atoms with E-state index in [9.17, 15) is 18.0 Å². The van der Waals surface area contributed by atoms with Gasteiger partial charge in [-0.2, -0.15) is 13.2 Å². The Balaban J connectivity index is 4.36. The zero-order valence-electron chi connectivity index (χ0n) is 8.27. The summed E-state index contributed by atoms with van der Waals surface area (Å²) < 4.78 is 36.1. The lowest BCUT2D eigenvalue weighted by atomic mass is 10.3. The Morgan fingerprint density at radius 3 is 2.29 bits per heavy atom. The van der Waals surface area contributed by atoms with Gasteiger partial charge in [0.2, 0.25) is 5.91 Å². The van der Waals surface area contributed by atoms with Gasteiger partial charge in [-0.25, -0.2) is 0 Å². The molecule has 0 radical (unpaired) electrons. The van der Waals surface area contributed by atoms with E-state index in [1.54, 1.807) is 6.92 Å². The van der Waals surface area contributed by atoms with Crippen LogP contribution < -0.4 is 5.73 Å². The minimum Gasteiger partial charge on any atom is -0.332 e. The van der Waals surface area contributed by atoms with Crippen LogP contribution in [0.1, 0.15) is 20.3 Å². The van der Waals surface area contributed by atoms with Gasteiger partial charge >= 0.3 is 6.18 Å². The molecule has 0 aliphatic carbocycles. The van der Waals surface area contributed by atoms with Gasteiger partial charge in [0.25, 0.3) is 0 Å². The van der Waals surface area contributed by atoms with Gasteiger partial charge < -0.3 is 10.6 Å². The normalized spacial score (nSPS) is 13.9. The second-order valence-corrected chi connectivity index (χ2v) is 3.16. The van der Waals surface area contributed by atoms with E-state index in [2.05, 4.69) is 0 Å². The van der Waals surface area contributed by atoms with Crippen LogP contribution in [0.2, 0.25) is 0 Å². The number of nitrogens with zero attached hydrogens (tertiary/aromatic N) is 1. The third-order valence-electron chi connectivity index (χ3n) is 1.56. The molecule has 6 heteroatoms. The van der Waals surface area contributed by atoms with Crippen molar-refractivity contribution >= 4 is 5.91 Å². The first-order chi connectivity index (χ1) is 6.28. The second kappa shape index (κ2) is 5.19. The lowest BCUT2D eigenvalue weighted by Gasteiger charge is -2.24. The highest BCUT2D eigenvalue weighted by molar-refractivity contribution is 5.81. The summed E-state index contributed by atoms with van der Waals surface area (Å²) in [6.07, 6.45) is -3.88. The van der Waals surface area contributed by atoms with E-state index >= 15 is 0 Å². The van der Waals surface area contributed by atoms with Crippen molar-refractivity contribution in [3.05, 3.63) is 0 Å². The largest absolute Gasteiger partial charge is 0.406 e.